The van der Waals surface area contributed by atoms with E-state index in [2.05, 4.69) is 19.2 Å². The summed E-state index contributed by atoms with van der Waals surface area (Å²) in [6.45, 7) is 5.34. The van der Waals surface area contributed by atoms with E-state index in [1.54, 1.807) is 12.1 Å². The summed E-state index contributed by atoms with van der Waals surface area (Å²) in [5.74, 6) is 0.0664. The highest BCUT2D eigenvalue weighted by atomic mass is 16.3. The molecule has 0 spiro atoms. The zero-order chi connectivity index (χ0) is 13.5. The van der Waals surface area contributed by atoms with Gasteiger partial charge in [-0.1, -0.05) is 26.0 Å². The predicted molar refractivity (Wildman–Crippen MR) is 72.1 cm³/mol. The molecule has 0 aromatic heterocycles. The Morgan fingerprint density at radius 3 is 2.78 bits per heavy atom. The fourth-order valence-corrected chi connectivity index (χ4v) is 1.85. The molecule has 0 aliphatic heterocycles. The van der Waals surface area contributed by atoms with E-state index in [-0.39, 0.29) is 6.10 Å². The molecule has 18 heavy (non-hydrogen) atoms. The molecular formula is C14H22N2O2. The van der Waals surface area contributed by atoms with E-state index in [0.717, 1.165) is 12.0 Å². The molecule has 1 rings (SSSR count). The Morgan fingerprint density at radius 1 is 1.44 bits per heavy atom. The van der Waals surface area contributed by atoms with Crippen LogP contribution in [0.25, 0.3) is 0 Å². The minimum atomic E-state index is -0.420. The third-order valence-electron chi connectivity index (χ3n) is 2.66. The average Bonchev–Trinajstić information content (AvgIpc) is 2.28. The molecule has 4 heteroatoms. The predicted octanol–water partition coefficient (Wildman–Crippen LogP) is 1.28. The first kappa shape index (κ1) is 14.7. The summed E-state index contributed by atoms with van der Waals surface area (Å²) in [6.07, 6.45) is 0.457. The van der Waals surface area contributed by atoms with Gasteiger partial charge in [-0.05, 0) is 30.0 Å². The molecule has 0 radical (unpaired) electrons. The number of carbonyl (C=O) groups excluding carboxylic acids is 1. The third-order valence-corrected chi connectivity index (χ3v) is 2.66. The summed E-state index contributed by atoms with van der Waals surface area (Å²) in [4.78, 5) is 11.0. The third kappa shape index (κ3) is 5.29. The Bertz CT molecular complexity index is 391. The molecule has 0 saturated carbocycles. The van der Waals surface area contributed by atoms with Crippen LogP contribution in [-0.2, 0) is 6.54 Å². The molecule has 1 amide bonds. The lowest BCUT2D eigenvalue weighted by Crippen LogP contribution is -2.27. The van der Waals surface area contributed by atoms with E-state index >= 15 is 0 Å². The van der Waals surface area contributed by atoms with Crippen LogP contribution < -0.4 is 11.1 Å². The van der Waals surface area contributed by atoms with Crippen molar-refractivity contribution in [2.45, 2.75) is 32.9 Å². The Kier molecular flexibility index (Phi) is 5.82. The molecule has 0 heterocycles. The maximum atomic E-state index is 11.0. The Morgan fingerprint density at radius 2 is 2.17 bits per heavy atom. The van der Waals surface area contributed by atoms with Gasteiger partial charge in [-0.15, -0.1) is 0 Å². The first-order valence-corrected chi connectivity index (χ1v) is 6.26. The van der Waals surface area contributed by atoms with Crippen molar-refractivity contribution in [3.63, 3.8) is 0 Å². The van der Waals surface area contributed by atoms with Crippen LogP contribution in [0.1, 0.15) is 36.2 Å². The first-order valence-electron chi connectivity index (χ1n) is 6.26. The van der Waals surface area contributed by atoms with Crippen molar-refractivity contribution in [2.24, 2.45) is 11.7 Å². The van der Waals surface area contributed by atoms with Crippen molar-refractivity contribution in [3.8, 4) is 0 Å². The first-order chi connectivity index (χ1) is 8.49. The number of amides is 1. The minimum absolute atomic E-state index is 0.329. The number of hydrogen-bond acceptors (Lipinski definition) is 3. The van der Waals surface area contributed by atoms with Crippen LogP contribution in [0.2, 0.25) is 0 Å². The molecule has 0 saturated heterocycles. The molecule has 1 aromatic rings. The number of aliphatic hydroxyl groups is 1. The lowest BCUT2D eigenvalue weighted by molar-refractivity contribution is 0.1000. The summed E-state index contributed by atoms with van der Waals surface area (Å²) >= 11 is 0. The molecular weight excluding hydrogens is 228 g/mol. The quantitative estimate of drug-likeness (QED) is 0.682. The standard InChI is InChI=1S/C14H22N2O2/c1-10(2)6-13(17)9-16-8-11-4-3-5-12(7-11)14(15)18/h3-5,7,10,13,16-17H,6,8-9H2,1-2H3,(H2,15,18). The van der Waals surface area contributed by atoms with Gasteiger partial charge in [-0.2, -0.15) is 0 Å². The van der Waals surface area contributed by atoms with Gasteiger partial charge < -0.3 is 16.2 Å². The highest BCUT2D eigenvalue weighted by molar-refractivity contribution is 5.92. The smallest absolute Gasteiger partial charge is 0.248 e. The second-order valence-corrected chi connectivity index (χ2v) is 4.98. The molecule has 4 N–H and O–H groups in total. The molecule has 0 aliphatic carbocycles. The fourth-order valence-electron chi connectivity index (χ4n) is 1.85. The number of primary amides is 1. The summed E-state index contributed by atoms with van der Waals surface area (Å²) < 4.78 is 0. The van der Waals surface area contributed by atoms with E-state index in [1.165, 1.54) is 0 Å². The molecule has 1 unspecified atom stereocenters. The fraction of sp³-hybridized carbons (Fsp3) is 0.500. The average molecular weight is 250 g/mol. The molecule has 1 atom stereocenters. The number of nitrogens with one attached hydrogen (secondary N) is 1. The molecule has 0 bridgehead atoms. The Labute approximate surface area is 108 Å². The van der Waals surface area contributed by atoms with Gasteiger partial charge in [-0.25, -0.2) is 0 Å². The largest absolute Gasteiger partial charge is 0.392 e. The molecule has 0 aliphatic rings. The summed E-state index contributed by atoms with van der Waals surface area (Å²) in [6, 6.07) is 7.19. The van der Waals surface area contributed by atoms with Crippen LogP contribution in [0.4, 0.5) is 0 Å². The zero-order valence-electron chi connectivity index (χ0n) is 11.0. The van der Waals surface area contributed by atoms with E-state index in [0.29, 0.717) is 24.6 Å². The van der Waals surface area contributed by atoms with Gasteiger partial charge in [0.25, 0.3) is 0 Å². The second-order valence-electron chi connectivity index (χ2n) is 4.98. The van der Waals surface area contributed by atoms with Crippen LogP contribution in [-0.4, -0.2) is 23.7 Å². The monoisotopic (exact) mass is 250 g/mol. The van der Waals surface area contributed by atoms with Crippen molar-refractivity contribution in [3.05, 3.63) is 35.4 Å². The van der Waals surface area contributed by atoms with Crippen LogP contribution in [0.15, 0.2) is 24.3 Å². The highest BCUT2D eigenvalue weighted by Crippen LogP contribution is 2.06. The SMILES string of the molecule is CC(C)CC(O)CNCc1cccc(C(N)=O)c1. The van der Waals surface area contributed by atoms with Gasteiger partial charge in [0.1, 0.15) is 0 Å². The molecule has 100 valence electrons. The van der Waals surface area contributed by atoms with Crippen LogP contribution in [0.3, 0.4) is 0 Å². The Hall–Kier alpha value is -1.39. The number of aliphatic hydroxyl groups excluding tert-OH is 1. The van der Waals surface area contributed by atoms with Crippen molar-refractivity contribution in [2.75, 3.05) is 6.54 Å². The number of carbonyl (C=O) groups is 1. The van der Waals surface area contributed by atoms with Crippen molar-refractivity contribution >= 4 is 5.91 Å². The van der Waals surface area contributed by atoms with Crippen LogP contribution in [0, 0.1) is 5.92 Å². The lowest BCUT2D eigenvalue weighted by atomic mass is 10.1. The number of hydrogen-bond donors (Lipinski definition) is 3. The second kappa shape index (κ2) is 7.13. The summed E-state index contributed by atoms with van der Waals surface area (Å²) in [5.41, 5.74) is 6.72. The number of benzene rings is 1. The van der Waals surface area contributed by atoms with Gasteiger partial charge in [0.15, 0.2) is 0 Å². The van der Waals surface area contributed by atoms with Crippen molar-refractivity contribution in [1.29, 1.82) is 0 Å². The minimum Gasteiger partial charge on any atom is -0.392 e. The normalized spacial score (nSPS) is 12.7. The molecule has 1 aromatic carbocycles. The van der Waals surface area contributed by atoms with Crippen LogP contribution in [0.5, 0.6) is 0 Å². The molecule has 0 fully saturated rings. The van der Waals surface area contributed by atoms with Gasteiger partial charge >= 0.3 is 0 Å². The maximum absolute atomic E-state index is 11.0. The van der Waals surface area contributed by atoms with Gasteiger partial charge in [0.05, 0.1) is 6.10 Å². The highest BCUT2D eigenvalue weighted by Gasteiger charge is 2.06. The number of nitrogens with two attached hydrogens (primary N) is 1. The van der Waals surface area contributed by atoms with Gasteiger partial charge in [0, 0.05) is 18.7 Å². The van der Waals surface area contributed by atoms with Gasteiger partial charge in [-0.3, -0.25) is 4.79 Å². The van der Waals surface area contributed by atoms with Crippen LogP contribution >= 0.6 is 0 Å². The van der Waals surface area contributed by atoms with Crippen molar-refractivity contribution < 1.29 is 9.90 Å². The number of rotatable bonds is 7. The Balaban J connectivity index is 2.39. The van der Waals surface area contributed by atoms with Gasteiger partial charge in [0.2, 0.25) is 5.91 Å². The van der Waals surface area contributed by atoms with Crippen molar-refractivity contribution in [1.82, 2.24) is 5.32 Å². The lowest BCUT2D eigenvalue weighted by Gasteiger charge is -2.14. The summed E-state index contributed by atoms with van der Waals surface area (Å²) in [5, 5.41) is 12.9. The molecule has 4 nitrogen and oxygen atoms in total. The van der Waals surface area contributed by atoms with E-state index in [4.69, 9.17) is 5.73 Å². The summed E-state index contributed by atoms with van der Waals surface area (Å²) in [7, 11) is 0. The zero-order valence-corrected chi connectivity index (χ0v) is 11.0. The van der Waals surface area contributed by atoms with E-state index < -0.39 is 5.91 Å². The van der Waals surface area contributed by atoms with E-state index in [9.17, 15) is 9.90 Å². The van der Waals surface area contributed by atoms with E-state index in [1.807, 2.05) is 12.1 Å². The maximum Gasteiger partial charge on any atom is 0.248 e. The topological polar surface area (TPSA) is 75.3 Å².